The maximum absolute atomic E-state index is 12.6. The number of carbonyl (C=O) groups excluding carboxylic acids is 1. The van der Waals surface area contributed by atoms with E-state index in [9.17, 15) is 13.2 Å². The van der Waals surface area contributed by atoms with Gasteiger partial charge in [0.1, 0.15) is 0 Å². The number of rotatable bonds is 8. The first-order valence-corrected chi connectivity index (χ1v) is 10.7. The average Bonchev–Trinajstić information content (AvgIpc) is 2.44. The molecular weight excluding hydrogens is 336 g/mol. The average molecular weight is 369 g/mol. The molecule has 0 heterocycles. The molecule has 0 aromatic heterocycles. The van der Waals surface area contributed by atoms with E-state index in [1.165, 1.54) is 4.31 Å². The van der Waals surface area contributed by atoms with E-state index in [2.05, 4.69) is 33.0 Å². The molecule has 25 heavy (non-hydrogen) atoms. The van der Waals surface area contributed by atoms with Crippen molar-refractivity contribution in [3.05, 3.63) is 29.3 Å². The second-order valence-corrected chi connectivity index (χ2v) is 9.60. The van der Waals surface area contributed by atoms with Crippen molar-refractivity contribution in [3.8, 4) is 0 Å². The van der Waals surface area contributed by atoms with Crippen molar-refractivity contribution in [2.45, 2.75) is 53.4 Å². The summed E-state index contributed by atoms with van der Waals surface area (Å²) in [5, 5.41) is 2.97. The molecule has 0 saturated heterocycles. The molecule has 0 aliphatic heterocycles. The number of carbonyl (C=O) groups is 1. The number of sulfonamides is 1. The topological polar surface area (TPSA) is 66.5 Å². The standard InChI is InChI=1S/C19H32N2O3S/c1-13(2)11-21(25(7,23)24)12-18(22)20-19-16(14(3)4)9-8-10-17(19)15(5)6/h8-10,13-15H,11-12H2,1-7H3,(H,20,22). The Bertz CT molecular complexity index is 668. The molecule has 1 amide bonds. The molecule has 6 heteroatoms. The molecule has 5 nitrogen and oxygen atoms in total. The van der Waals surface area contributed by atoms with Crippen molar-refractivity contribution in [2.24, 2.45) is 5.92 Å². The van der Waals surface area contributed by atoms with E-state index in [1.807, 2.05) is 32.0 Å². The summed E-state index contributed by atoms with van der Waals surface area (Å²) in [7, 11) is -3.43. The smallest absolute Gasteiger partial charge is 0.239 e. The molecule has 0 bridgehead atoms. The first-order chi connectivity index (χ1) is 11.4. The van der Waals surface area contributed by atoms with Crippen LogP contribution in [-0.2, 0) is 14.8 Å². The van der Waals surface area contributed by atoms with Gasteiger partial charge in [0, 0.05) is 12.2 Å². The predicted octanol–water partition coefficient (Wildman–Crippen LogP) is 3.79. The van der Waals surface area contributed by atoms with Crippen molar-refractivity contribution >= 4 is 21.6 Å². The van der Waals surface area contributed by atoms with E-state index in [4.69, 9.17) is 0 Å². The minimum atomic E-state index is -3.43. The van der Waals surface area contributed by atoms with Gasteiger partial charge in [-0.1, -0.05) is 59.7 Å². The lowest BCUT2D eigenvalue weighted by Crippen LogP contribution is -2.39. The normalized spacial score (nSPS) is 12.4. The summed E-state index contributed by atoms with van der Waals surface area (Å²) < 4.78 is 25.1. The minimum absolute atomic E-state index is 0.150. The second-order valence-electron chi connectivity index (χ2n) is 7.62. The highest BCUT2D eigenvalue weighted by atomic mass is 32.2. The maximum atomic E-state index is 12.6. The van der Waals surface area contributed by atoms with Crippen LogP contribution in [0.3, 0.4) is 0 Å². The summed E-state index contributed by atoms with van der Waals surface area (Å²) in [5.41, 5.74) is 2.94. The van der Waals surface area contributed by atoms with Gasteiger partial charge in [-0.15, -0.1) is 0 Å². The van der Waals surface area contributed by atoms with Crippen molar-refractivity contribution in [3.63, 3.8) is 0 Å². The first kappa shape index (κ1) is 21.6. The Hall–Kier alpha value is -1.40. The number of benzene rings is 1. The largest absolute Gasteiger partial charge is 0.324 e. The van der Waals surface area contributed by atoms with Gasteiger partial charge < -0.3 is 5.32 Å². The van der Waals surface area contributed by atoms with E-state index < -0.39 is 10.0 Å². The van der Waals surface area contributed by atoms with Gasteiger partial charge in [-0.3, -0.25) is 4.79 Å². The Balaban J connectivity index is 3.10. The molecule has 0 spiro atoms. The lowest BCUT2D eigenvalue weighted by atomic mass is 9.92. The predicted molar refractivity (Wildman–Crippen MR) is 105 cm³/mol. The molecule has 0 radical (unpaired) electrons. The first-order valence-electron chi connectivity index (χ1n) is 8.81. The Morgan fingerprint density at radius 2 is 1.52 bits per heavy atom. The monoisotopic (exact) mass is 368 g/mol. The van der Waals surface area contributed by atoms with E-state index in [0.29, 0.717) is 6.54 Å². The number of anilines is 1. The zero-order valence-electron chi connectivity index (χ0n) is 16.5. The molecule has 0 saturated carbocycles. The fraction of sp³-hybridized carbons (Fsp3) is 0.632. The van der Waals surface area contributed by atoms with E-state index in [0.717, 1.165) is 23.1 Å². The Kier molecular flexibility index (Phi) is 7.62. The number of amides is 1. The Labute approximate surface area is 152 Å². The highest BCUT2D eigenvalue weighted by Crippen LogP contribution is 2.32. The third-order valence-corrected chi connectivity index (χ3v) is 5.21. The fourth-order valence-electron chi connectivity index (χ4n) is 2.76. The number of hydrogen-bond acceptors (Lipinski definition) is 3. The van der Waals surface area contributed by atoms with E-state index in [-0.39, 0.29) is 30.2 Å². The van der Waals surface area contributed by atoms with Crippen LogP contribution in [0.1, 0.15) is 64.5 Å². The molecular formula is C19H32N2O3S. The molecule has 1 N–H and O–H groups in total. The SMILES string of the molecule is CC(C)CN(CC(=O)Nc1c(C(C)C)cccc1C(C)C)S(C)(=O)=O. The number of para-hydroxylation sites is 1. The third-order valence-electron chi connectivity index (χ3n) is 4.00. The number of hydrogen-bond donors (Lipinski definition) is 1. The van der Waals surface area contributed by atoms with E-state index >= 15 is 0 Å². The summed E-state index contributed by atoms with van der Waals surface area (Å²) in [4.78, 5) is 12.6. The van der Waals surface area contributed by atoms with Crippen molar-refractivity contribution in [1.29, 1.82) is 0 Å². The van der Waals surface area contributed by atoms with Crippen molar-refractivity contribution < 1.29 is 13.2 Å². The van der Waals surface area contributed by atoms with Crippen molar-refractivity contribution in [1.82, 2.24) is 4.31 Å². The molecule has 0 unspecified atom stereocenters. The molecule has 0 fully saturated rings. The van der Waals surface area contributed by atoms with E-state index in [1.54, 1.807) is 0 Å². The minimum Gasteiger partial charge on any atom is -0.324 e. The molecule has 0 atom stereocenters. The zero-order chi connectivity index (χ0) is 19.4. The van der Waals surface area contributed by atoms with Gasteiger partial charge in [-0.2, -0.15) is 4.31 Å². The highest BCUT2D eigenvalue weighted by molar-refractivity contribution is 7.88. The van der Waals surface area contributed by atoms with Crippen LogP contribution in [0.4, 0.5) is 5.69 Å². The molecule has 0 aliphatic carbocycles. The summed E-state index contributed by atoms with van der Waals surface area (Å²) in [6.07, 6.45) is 1.14. The number of nitrogens with one attached hydrogen (secondary N) is 1. The molecule has 1 aromatic carbocycles. The third kappa shape index (κ3) is 6.44. The summed E-state index contributed by atoms with van der Waals surface area (Å²) in [5.74, 6) is 0.365. The van der Waals surface area contributed by atoms with Gasteiger partial charge in [0.05, 0.1) is 12.8 Å². The fourth-order valence-corrected chi connectivity index (χ4v) is 3.68. The molecule has 1 rings (SSSR count). The summed E-state index contributed by atoms with van der Waals surface area (Å²) in [6.45, 7) is 12.3. The lowest BCUT2D eigenvalue weighted by molar-refractivity contribution is -0.116. The van der Waals surface area contributed by atoms with Crippen LogP contribution in [0.25, 0.3) is 0 Å². The van der Waals surface area contributed by atoms with Crippen LogP contribution < -0.4 is 5.32 Å². The van der Waals surface area contributed by atoms with Gasteiger partial charge in [-0.05, 0) is 28.9 Å². The van der Waals surface area contributed by atoms with Crippen LogP contribution in [0, 0.1) is 5.92 Å². The second kappa shape index (κ2) is 8.81. The van der Waals surface area contributed by atoms with Crippen LogP contribution in [0.15, 0.2) is 18.2 Å². The van der Waals surface area contributed by atoms with Gasteiger partial charge in [0.2, 0.25) is 15.9 Å². The Morgan fingerprint density at radius 3 is 1.88 bits per heavy atom. The van der Waals surface area contributed by atoms with Crippen LogP contribution in [0.2, 0.25) is 0 Å². The number of nitrogens with zero attached hydrogens (tertiary/aromatic N) is 1. The maximum Gasteiger partial charge on any atom is 0.239 e. The summed E-state index contributed by atoms with van der Waals surface area (Å²) in [6, 6.07) is 6.02. The quantitative estimate of drug-likeness (QED) is 0.759. The summed E-state index contributed by atoms with van der Waals surface area (Å²) >= 11 is 0. The van der Waals surface area contributed by atoms with Crippen molar-refractivity contribution in [2.75, 3.05) is 24.7 Å². The lowest BCUT2D eigenvalue weighted by Gasteiger charge is -2.24. The zero-order valence-corrected chi connectivity index (χ0v) is 17.3. The van der Waals surface area contributed by atoms with Gasteiger partial charge in [-0.25, -0.2) is 8.42 Å². The van der Waals surface area contributed by atoms with Crippen LogP contribution in [0.5, 0.6) is 0 Å². The highest BCUT2D eigenvalue weighted by Gasteiger charge is 2.23. The van der Waals surface area contributed by atoms with Crippen LogP contribution >= 0.6 is 0 Å². The molecule has 0 aliphatic rings. The van der Waals surface area contributed by atoms with Gasteiger partial charge in [0.15, 0.2) is 0 Å². The van der Waals surface area contributed by atoms with Gasteiger partial charge >= 0.3 is 0 Å². The molecule has 142 valence electrons. The molecule has 1 aromatic rings. The Morgan fingerprint density at radius 1 is 1.04 bits per heavy atom. The van der Waals surface area contributed by atoms with Crippen LogP contribution in [-0.4, -0.2) is 38.0 Å². The van der Waals surface area contributed by atoms with Gasteiger partial charge in [0.25, 0.3) is 0 Å².